The average molecular weight is 929 g/mol. The van der Waals surface area contributed by atoms with E-state index in [4.69, 9.17) is 14.2 Å². The van der Waals surface area contributed by atoms with E-state index in [0.717, 1.165) is 135 Å². The van der Waals surface area contributed by atoms with Crippen molar-refractivity contribution < 1.29 is 28.6 Å². The first-order valence-corrected chi connectivity index (χ1v) is 27.4. The average Bonchev–Trinajstić information content (AvgIpc) is 3.33. The minimum Gasteiger partial charge on any atom is -0.462 e. The van der Waals surface area contributed by atoms with Crippen molar-refractivity contribution in [1.82, 2.24) is 0 Å². The van der Waals surface area contributed by atoms with E-state index in [-0.39, 0.29) is 31.1 Å². The van der Waals surface area contributed by atoms with Gasteiger partial charge < -0.3 is 14.2 Å². The highest BCUT2D eigenvalue weighted by Gasteiger charge is 2.19. The smallest absolute Gasteiger partial charge is 0.306 e. The summed E-state index contributed by atoms with van der Waals surface area (Å²) in [6.07, 6.45) is 73.5. The molecule has 6 heteroatoms. The molecular weight excluding hydrogens is 829 g/mol. The van der Waals surface area contributed by atoms with E-state index in [1.165, 1.54) is 64.2 Å². The predicted octanol–water partition coefficient (Wildman–Crippen LogP) is 18.3. The van der Waals surface area contributed by atoms with Gasteiger partial charge in [0.25, 0.3) is 0 Å². The van der Waals surface area contributed by atoms with Crippen LogP contribution in [0.2, 0.25) is 0 Å². The minimum absolute atomic E-state index is 0.0987. The molecule has 1 unspecified atom stereocenters. The van der Waals surface area contributed by atoms with Gasteiger partial charge in [-0.1, -0.05) is 220 Å². The quantitative estimate of drug-likeness (QED) is 0.0199. The Morgan fingerprint density at radius 1 is 0.328 bits per heavy atom. The third kappa shape index (κ3) is 52.9. The number of hydrogen-bond donors (Lipinski definition) is 0. The number of allylic oxidation sites excluding steroid dienone is 18. The minimum atomic E-state index is -0.802. The van der Waals surface area contributed by atoms with Gasteiger partial charge in [0.1, 0.15) is 13.2 Å². The molecule has 0 aromatic heterocycles. The maximum Gasteiger partial charge on any atom is 0.306 e. The lowest BCUT2D eigenvalue weighted by molar-refractivity contribution is -0.167. The molecule has 0 spiro atoms. The fraction of sp³-hybridized carbons (Fsp3) is 0.656. The van der Waals surface area contributed by atoms with Crippen LogP contribution in [0, 0.1) is 0 Å². The summed E-state index contributed by atoms with van der Waals surface area (Å²) >= 11 is 0. The Kier molecular flexibility index (Phi) is 51.5. The third-order valence-electron chi connectivity index (χ3n) is 11.3. The Balaban J connectivity index is 4.47. The summed E-state index contributed by atoms with van der Waals surface area (Å²) in [5, 5.41) is 0. The lowest BCUT2D eigenvalue weighted by Gasteiger charge is -2.18. The SMILES string of the molecule is CC/C=C\C/C=C\C/C=C\C/C=C\CCCCCCCCC(=O)OCC(COC(=O)CCCCCCC/C=C\CCCCC)OC(=O)CCCCCCC\C=C/C=C\C=C/C=C\CCCCC. The summed E-state index contributed by atoms with van der Waals surface area (Å²) < 4.78 is 16.8. The van der Waals surface area contributed by atoms with Crippen LogP contribution in [-0.2, 0) is 28.6 Å². The Morgan fingerprint density at radius 3 is 1.06 bits per heavy atom. The number of ether oxygens (including phenoxy) is 3. The highest BCUT2D eigenvalue weighted by molar-refractivity contribution is 5.71. The maximum absolute atomic E-state index is 12.8. The second-order valence-corrected chi connectivity index (χ2v) is 17.8. The molecule has 1 atom stereocenters. The summed E-state index contributed by atoms with van der Waals surface area (Å²) in [5.41, 5.74) is 0. The van der Waals surface area contributed by atoms with Crippen molar-refractivity contribution in [3.05, 3.63) is 109 Å². The molecule has 0 aromatic rings. The molecule has 380 valence electrons. The van der Waals surface area contributed by atoms with Crippen molar-refractivity contribution in [2.75, 3.05) is 13.2 Å². The van der Waals surface area contributed by atoms with Crippen molar-refractivity contribution in [2.45, 2.75) is 245 Å². The van der Waals surface area contributed by atoms with Crippen LogP contribution in [0.3, 0.4) is 0 Å². The van der Waals surface area contributed by atoms with Crippen LogP contribution in [-0.4, -0.2) is 37.2 Å². The lowest BCUT2D eigenvalue weighted by atomic mass is 10.1. The topological polar surface area (TPSA) is 78.9 Å². The zero-order chi connectivity index (χ0) is 48.6. The second kappa shape index (κ2) is 54.7. The Labute approximate surface area is 412 Å². The Bertz CT molecular complexity index is 1390. The summed E-state index contributed by atoms with van der Waals surface area (Å²) in [4.78, 5) is 38.1. The standard InChI is InChI=1S/C61H100O6/c1-4-7-10-13-16-19-22-25-27-29-31-33-34-36-39-42-45-48-51-54-60(63)66-57-58(56-65-59(62)53-50-47-44-41-38-24-21-18-15-12-9-6-3)67-61(64)55-52-49-46-43-40-37-35-32-30-28-26-23-20-17-14-11-8-5-2/h7,10,16-21,23,25-28,30-33,35,58H,4-6,8-9,11-15,22,24,29,34,36-57H2,1-3H3/b10-7-,19-16-,20-17-,21-18-,26-23-,27-25-,30-28-,33-31-,35-32-. The predicted molar refractivity (Wildman–Crippen MR) is 288 cm³/mol. The van der Waals surface area contributed by atoms with Crippen molar-refractivity contribution in [3.63, 3.8) is 0 Å². The van der Waals surface area contributed by atoms with Crippen LogP contribution < -0.4 is 0 Å². The van der Waals surface area contributed by atoms with Gasteiger partial charge in [0, 0.05) is 19.3 Å². The van der Waals surface area contributed by atoms with E-state index in [2.05, 4.69) is 130 Å². The fourth-order valence-corrected chi connectivity index (χ4v) is 7.20. The van der Waals surface area contributed by atoms with Crippen LogP contribution in [0.1, 0.15) is 239 Å². The molecule has 0 amide bonds. The number of carbonyl (C=O) groups is 3. The summed E-state index contributed by atoms with van der Waals surface area (Å²) in [7, 11) is 0. The molecule has 0 fully saturated rings. The fourth-order valence-electron chi connectivity index (χ4n) is 7.20. The molecule has 67 heavy (non-hydrogen) atoms. The Morgan fingerprint density at radius 2 is 0.642 bits per heavy atom. The van der Waals surface area contributed by atoms with E-state index >= 15 is 0 Å². The molecule has 0 bridgehead atoms. The molecule has 0 aromatic carbocycles. The van der Waals surface area contributed by atoms with E-state index in [1.807, 2.05) is 0 Å². The first kappa shape index (κ1) is 63.1. The van der Waals surface area contributed by atoms with E-state index < -0.39 is 6.10 Å². The van der Waals surface area contributed by atoms with Crippen molar-refractivity contribution in [1.29, 1.82) is 0 Å². The number of carbonyl (C=O) groups excluding carboxylic acids is 3. The number of rotatable bonds is 48. The van der Waals surface area contributed by atoms with Gasteiger partial charge in [0.05, 0.1) is 0 Å². The van der Waals surface area contributed by atoms with Gasteiger partial charge in [-0.25, -0.2) is 0 Å². The molecule has 0 aliphatic rings. The van der Waals surface area contributed by atoms with Gasteiger partial charge in [0.2, 0.25) is 0 Å². The van der Waals surface area contributed by atoms with Crippen LogP contribution >= 0.6 is 0 Å². The van der Waals surface area contributed by atoms with Crippen LogP contribution in [0.25, 0.3) is 0 Å². The number of hydrogen-bond acceptors (Lipinski definition) is 6. The van der Waals surface area contributed by atoms with E-state index in [9.17, 15) is 14.4 Å². The monoisotopic (exact) mass is 929 g/mol. The zero-order valence-electron chi connectivity index (χ0n) is 43.4. The van der Waals surface area contributed by atoms with Crippen LogP contribution in [0.5, 0.6) is 0 Å². The van der Waals surface area contributed by atoms with Gasteiger partial charge in [0.15, 0.2) is 6.10 Å². The highest BCUT2D eigenvalue weighted by atomic mass is 16.6. The van der Waals surface area contributed by atoms with Crippen molar-refractivity contribution >= 4 is 17.9 Å². The van der Waals surface area contributed by atoms with Gasteiger partial charge >= 0.3 is 17.9 Å². The van der Waals surface area contributed by atoms with Gasteiger partial charge in [-0.3, -0.25) is 14.4 Å². The molecule has 0 radical (unpaired) electrons. The molecule has 0 aliphatic heterocycles. The number of unbranched alkanes of at least 4 members (excludes halogenated alkanes) is 22. The zero-order valence-corrected chi connectivity index (χ0v) is 43.4. The van der Waals surface area contributed by atoms with Gasteiger partial charge in [-0.05, 0) is 109 Å². The normalized spacial score (nSPS) is 12.9. The summed E-state index contributed by atoms with van der Waals surface area (Å²) in [6, 6.07) is 0. The van der Waals surface area contributed by atoms with Crippen LogP contribution in [0.15, 0.2) is 109 Å². The van der Waals surface area contributed by atoms with Gasteiger partial charge in [-0.15, -0.1) is 0 Å². The number of esters is 3. The largest absolute Gasteiger partial charge is 0.462 e. The summed E-state index contributed by atoms with van der Waals surface area (Å²) in [6.45, 7) is 6.42. The van der Waals surface area contributed by atoms with Crippen molar-refractivity contribution in [2.24, 2.45) is 0 Å². The second-order valence-electron chi connectivity index (χ2n) is 17.8. The molecule has 0 aliphatic carbocycles. The third-order valence-corrected chi connectivity index (χ3v) is 11.3. The molecule has 0 saturated carbocycles. The molecule has 0 heterocycles. The van der Waals surface area contributed by atoms with Crippen molar-refractivity contribution in [3.8, 4) is 0 Å². The molecular formula is C61H100O6. The first-order valence-electron chi connectivity index (χ1n) is 27.4. The molecule has 0 N–H and O–H groups in total. The Hall–Kier alpha value is -3.93. The highest BCUT2D eigenvalue weighted by Crippen LogP contribution is 2.13. The summed E-state index contributed by atoms with van der Waals surface area (Å²) in [5.74, 6) is -0.947. The lowest BCUT2D eigenvalue weighted by Crippen LogP contribution is -2.30. The first-order chi connectivity index (χ1) is 33.0. The molecule has 0 saturated heterocycles. The van der Waals surface area contributed by atoms with Gasteiger partial charge in [-0.2, -0.15) is 0 Å². The maximum atomic E-state index is 12.8. The molecule has 6 nitrogen and oxygen atoms in total. The van der Waals surface area contributed by atoms with E-state index in [0.29, 0.717) is 19.3 Å². The van der Waals surface area contributed by atoms with E-state index in [1.54, 1.807) is 0 Å². The molecule has 0 rings (SSSR count). The van der Waals surface area contributed by atoms with Crippen LogP contribution in [0.4, 0.5) is 0 Å².